The Hall–Kier alpha value is -2.45. The molecule has 0 heterocycles. The van der Waals surface area contributed by atoms with Gasteiger partial charge in [-0.1, -0.05) is 23.7 Å². The number of rotatable bonds is 11. The lowest BCUT2D eigenvalue weighted by molar-refractivity contribution is -0.119. The first-order valence-electron chi connectivity index (χ1n) is 9.93. The lowest BCUT2D eigenvalue weighted by Crippen LogP contribution is -2.40. The van der Waals surface area contributed by atoms with Gasteiger partial charge in [-0.3, -0.25) is 9.10 Å². The van der Waals surface area contributed by atoms with Crippen molar-refractivity contribution in [3.8, 4) is 11.5 Å². The monoisotopic (exact) mass is 468 g/mol. The highest BCUT2D eigenvalue weighted by molar-refractivity contribution is 7.92. The van der Waals surface area contributed by atoms with E-state index in [0.717, 1.165) is 34.7 Å². The fourth-order valence-electron chi connectivity index (χ4n) is 2.95. The van der Waals surface area contributed by atoms with Crippen molar-refractivity contribution in [3.63, 3.8) is 0 Å². The molecule has 0 saturated carbocycles. The van der Waals surface area contributed by atoms with Crippen LogP contribution in [0.3, 0.4) is 0 Å². The minimum atomic E-state index is -3.73. The summed E-state index contributed by atoms with van der Waals surface area (Å²) >= 11 is 6.01. The summed E-state index contributed by atoms with van der Waals surface area (Å²) in [5.41, 5.74) is 1.35. The Bertz CT molecular complexity index is 978. The molecule has 170 valence electrons. The van der Waals surface area contributed by atoms with Gasteiger partial charge >= 0.3 is 0 Å². The molecule has 0 aliphatic heterocycles. The van der Waals surface area contributed by atoms with Gasteiger partial charge in [0.05, 0.1) is 25.2 Å². The zero-order valence-corrected chi connectivity index (χ0v) is 19.8. The number of ether oxygens (including phenoxy) is 2. The number of benzene rings is 2. The van der Waals surface area contributed by atoms with Crippen molar-refractivity contribution in [2.24, 2.45) is 0 Å². The molecule has 0 spiro atoms. The molecular weight excluding hydrogens is 440 g/mol. The number of anilines is 1. The van der Waals surface area contributed by atoms with Crippen molar-refractivity contribution in [1.82, 2.24) is 5.32 Å². The lowest BCUT2D eigenvalue weighted by atomic mass is 10.1. The van der Waals surface area contributed by atoms with Gasteiger partial charge in [0.2, 0.25) is 15.9 Å². The van der Waals surface area contributed by atoms with Crippen LogP contribution >= 0.6 is 11.6 Å². The van der Waals surface area contributed by atoms with Crippen molar-refractivity contribution in [2.75, 3.05) is 30.8 Å². The normalized spacial score (nSPS) is 11.3. The molecule has 9 heteroatoms. The quantitative estimate of drug-likeness (QED) is 0.509. The van der Waals surface area contributed by atoms with E-state index in [-0.39, 0.29) is 18.3 Å². The molecule has 7 nitrogen and oxygen atoms in total. The molecule has 1 N–H and O–H groups in total. The molecule has 0 bridgehead atoms. The van der Waals surface area contributed by atoms with Gasteiger partial charge in [0, 0.05) is 11.6 Å². The SMILES string of the molecule is COc1ccc(Cl)cc1N(CC(=O)NCCCc1ccc(OC(C)C)cc1)S(C)(=O)=O. The summed E-state index contributed by atoms with van der Waals surface area (Å²) in [4.78, 5) is 12.4. The summed E-state index contributed by atoms with van der Waals surface area (Å²) in [6.45, 7) is 4.01. The Morgan fingerprint density at radius 1 is 1.16 bits per heavy atom. The molecule has 0 unspecified atom stereocenters. The number of sulfonamides is 1. The maximum absolute atomic E-state index is 12.4. The number of aryl methyl sites for hydroxylation is 1. The van der Waals surface area contributed by atoms with Gasteiger partial charge in [-0.15, -0.1) is 0 Å². The molecule has 2 aromatic rings. The Morgan fingerprint density at radius 3 is 2.42 bits per heavy atom. The third kappa shape index (κ3) is 7.95. The van der Waals surface area contributed by atoms with Crippen LogP contribution in [0.5, 0.6) is 11.5 Å². The summed E-state index contributed by atoms with van der Waals surface area (Å²) in [5, 5.41) is 3.11. The number of carbonyl (C=O) groups excluding carboxylic acids is 1. The van der Waals surface area contributed by atoms with Crippen molar-refractivity contribution < 1.29 is 22.7 Å². The van der Waals surface area contributed by atoms with E-state index >= 15 is 0 Å². The zero-order chi connectivity index (χ0) is 23.0. The van der Waals surface area contributed by atoms with Crippen LogP contribution in [0.4, 0.5) is 5.69 Å². The molecule has 1 amide bonds. The van der Waals surface area contributed by atoms with Crippen molar-refractivity contribution >= 4 is 33.2 Å². The predicted octanol–water partition coefficient (Wildman–Crippen LogP) is 3.65. The van der Waals surface area contributed by atoms with Crippen LogP contribution in [0.15, 0.2) is 42.5 Å². The van der Waals surface area contributed by atoms with Gasteiger partial charge in [-0.2, -0.15) is 0 Å². The van der Waals surface area contributed by atoms with E-state index in [0.29, 0.717) is 17.3 Å². The van der Waals surface area contributed by atoms with Crippen LogP contribution in [-0.4, -0.2) is 46.9 Å². The maximum atomic E-state index is 12.4. The van der Waals surface area contributed by atoms with Crippen molar-refractivity contribution in [3.05, 3.63) is 53.1 Å². The van der Waals surface area contributed by atoms with E-state index in [1.165, 1.54) is 13.2 Å². The van der Waals surface area contributed by atoms with Gasteiger partial charge < -0.3 is 14.8 Å². The Kier molecular flexibility index (Phi) is 9.00. The van der Waals surface area contributed by atoms with Crippen LogP contribution in [0, 0.1) is 0 Å². The second kappa shape index (κ2) is 11.2. The molecule has 0 saturated heterocycles. The molecule has 0 atom stereocenters. The number of halogens is 1. The highest BCUT2D eigenvalue weighted by atomic mass is 35.5. The second-order valence-electron chi connectivity index (χ2n) is 7.35. The fraction of sp³-hybridized carbons (Fsp3) is 0.409. The summed E-state index contributed by atoms with van der Waals surface area (Å²) < 4.78 is 36.4. The second-order valence-corrected chi connectivity index (χ2v) is 9.69. The minimum Gasteiger partial charge on any atom is -0.495 e. The van der Waals surface area contributed by atoms with Gasteiger partial charge in [0.15, 0.2) is 0 Å². The largest absolute Gasteiger partial charge is 0.495 e. The predicted molar refractivity (Wildman–Crippen MR) is 124 cm³/mol. The van der Waals surface area contributed by atoms with Crippen LogP contribution in [0.25, 0.3) is 0 Å². The van der Waals surface area contributed by atoms with Gasteiger partial charge in [0.1, 0.15) is 18.0 Å². The molecule has 31 heavy (non-hydrogen) atoms. The number of hydrogen-bond donors (Lipinski definition) is 1. The smallest absolute Gasteiger partial charge is 0.240 e. The number of nitrogens with zero attached hydrogens (tertiary/aromatic N) is 1. The summed E-state index contributed by atoms with van der Waals surface area (Å²) in [6, 6.07) is 12.5. The number of amides is 1. The van der Waals surface area contributed by atoms with Crippen LogP contribution in [0.2, 0.25) is 5.02 Å². The van der Waals surface area contributed by atoms with E-state index in [1.54, 1.807) is 12.1 Å². The fourth-order valence-corrected chi connectivity index (χ4v) is 3.97. The van der Waals surface area contributed by atoms with Crippen molar-refractivity contribution in [2.45, 2.75) is 32.8 Å². The Morgan fingerprint density at radius 2 is 1.84 bits per heavy atom. The summed E-state index contributed by atoms with van der Waals surface area (Å²) in [6.07, 6.45) is 2.66. The molecule has 0 radical (unpaired) electrons. The lowest BCUT2D eigenvalue weighted by Gasteiger charge is -2.24. The minimum absolute atomic E-state index is 0.124. The molecule has 2 rings (SSSR count). The van der Waals surface area contributed by atoms with E-state index in [4.69, 9.17) is 21.1 Å². The first-order valence-corrected chi connectivity index (χ1v) is 12.2. The van der Waals surface area contributed by atoms with Crippen molar-refractivity contribution in [1.29, 1.82) is 0 Å². The molecule has 0 fully saturated rings. The molecule has 0 aliphatic carbocycles. The van der Waals surface area contributed by atoms with Crippen LogP contribution < -0.4 is 19.1 Å². The summed E-state index contributed by atoms with van der Waals surface area (Å²) in [7, 11) is -2.30. The van der Waals surface area contributed by atoms with Gasteiger partial charge in [-0.25, -0.2) is 8.42 Å². The third-order valence-electron chi connectivity index (χ3n) is 4.36. The van der Waals surface area contributed by atoms with Gasteiger partial charge in [0.25, 0.3) is 0 Å². The first-order chi connectivity index (χ1) is 14.6. The summed E-state index contributed by atoms with van der Waals surface area (Å²) in [5.74, 6) is 0.727. The molecular formula is C22H29ClN2O5S. The number of nitrogens with one attached hydrogen (secondary N) is 1. The van der Waals surface area contributed by atoms with E-state index in [2.05, 4.69) is 5.32 Å². The topological polar surface area (TPSA) is 84.9 Å². The van der Waals surface area contributed by atoms with E-state index in [9.17, 15) is 13.2 Å². The van der Waals surface area contributed by atoms with E-state index in [1.807, 2.05) is 38.1 Å². The Labute approximate surface area is 189 Å². The molecule has 2 aromatic carbocycles. The van der Waals surface area contributed by atoms with E-state index < -0.39 is 15.9 Å². The first kappa shape index (κ1) is 24.8. The molecule has 0 aromatic heterocycles. The number of methoxy groups -OCH3 is 1. The molecule has 0 aliphatic rings. The Balaban J connectivity index is 1.92. The van der Waals surface area contributed by atoms with Crippen LogP contribution in [0.1, 0.15) is 25.8 Å². The van der Waals surface area contributed by atoms with Gasteiger partial charge in [-0.05, 0) is 62.6 Å². The standard InChI is InChI=1S/C22H29ClN2O5S/c1-16(2)30-19-10-7-17(8-11-19)6-5-13-24-22(26)15-25(31(4,27)28)20-14-18(23)9-12-21(20)29-3/h7-12,14,16H,5-6,13,15H2,1-4H3,(H,24,26). The average molecular weight is 469 g/mol. The maximum Gasteiger partial charge on any atom is 0.240 e. The average Bonchev–Trinajstić information content (AvgIpc) is 2.69. The van der Waals surface area contributed by atoms with Crippen LogP contribution in [-0.2, 0) is 21.2 Å². The highest BCUT2D eigenvalue weighted by Crippen LogP contribution is 2.32. The third-order valence-corrected chi connectivity index (χ3v) is 5.72. The zero-order valence-electron chi connectivity index (χ0n) is 18.2. The number of carbonyl (C=O) groups is 1. The highest BCUT2D eigenvalue weighted by Gasteiger charge is 2.24. The number of hydrogen-bond acceptors (Lipinski definition) is 5.